The molecule has 5 aromatic rings. The van der Waals surface area contributed by atoms with Gasteiger partial charge in [-0.1, -0.05) is 102 Å². The van der Waals surface area contributed by atoms with Gasteiger partial charge in [-0.3, -0.25) is 14.5 Å². The van der Waals surface area contributed by atoms with E-state index in [4.69, 9.17) is 21.1 Å². The van der Waals surface area contributed by atoms with E-state index >= 15 is 0 Å². The predicted molar refractivity (Wildman–Crippen MR) is 185 cm³/mol. The fourth-order valence-electron chi connectivity index (χ4n) is 5.06. The molecule has 238 valence electrons. The lowest BCUT2D eigenvalue weighted by atomic mass is 9.95. The Labute approximate surface area is 285 Å². The number of carbonyl (C=O) groups excluding carboxylic acids is 2. The van der Waals surface area contributed by atoms with Gasteiger partial charge < -0.3 is 14.6 Å². The van der Waals surface area contributed by atoms with Crippen LogP contribution in [-0.2, 0) is 21.9 Å². The molecule has 2 heterocycles. The minimum atomic E-state index is -0.985. The summed E-state index contributed by atoms with van der Waals surface area (Å²) < 4.78 is 12.4. The summed E-state index contributed by atoms with van der Waals surface area (Å²) in [5.41, 5.74) is 2.82. The second-order valence-corrected chi connectivity index (χ2v) is 13.2. The number of benzene rings is 4. The molecule has 1 aliphatic heterocycles. The molecular formula is C36H30ClN3O5S2. The first kappa shape index (κ1) is 32.3. The largest absolute Gasteiger partial charge is 0.507 e. The molecule has 8 nitrogen and oxygen atoms in total. The Bertz CT molecular complexity index is 1910. The average molecular weight is 684 g/mol. The molecule has 0 aliphatic carbocycles. The van der Waals surface area contributed by atoms with Crippen LogP contribution in [0.2, 0.25) is 5.02 Å². The number of amides is 1. The molecule has 1 amide bonds. The number of halogens is 1. The number of hydrogen-bond donors (Lipinski definition) is 1. The summed E-state index contributed by atoms with van der Waals surface area (Å²) in [4.78, 5) is 28.8. The average Bonchev–Trinajstić information content (AvgIpc) is 3.68. The van der Waals surface area contributed by atoms with Crippen LogP contribution < -0.4 is 14.4 Å². The van der Waals surface area contributed by atoms with Crippen LogP contribution in [0.1, 0.15) is 41.6 Å². The van der Waals surface area contributed by atoms with Crippen molar-refractivity contribution in [2.24, 2.45) is 0 Å². The molecule has 1 saturated heterocycles. The van der Waals surface area contributed by atoms with Gasteiger partial charge in [-0.2, -0.15) is 0 Å². The Morgan fingerprint density at radius 3 is 2.45 bits per heavy atom. The third kappa shape index (κ3) is 7.35. The molecule has 1 aliphatic rings. The molecule has 1 atom stereocenters. The number of rotatable bonds is 12. The molecule has 0 spiro atoms. The Balaban J connectivity index is 1.36. The van der Waals surface area contributed by atoms with Gasteiger partial charge in [0.05, 0.1) is 18.2 Å². The maximum absolute atomic E-state index is 13.7. The van der Waals surface area contributed by atoms with E-state index in [0.29, 0.717) is 51.0 Å². The molecule has 4 aromatic carbocycles. The molecule has 1 unspecified atom stereocenters. The van der Waals surface area contributed by atoms with Gasteiger partial charge in [-0.05, 0) is 65.6 Å². The fourth-order valence-corrected chi connectivity index (χ4v) is 7.21. The third-order valence-corrected chi connectivity index (χ3v) is 9.85. The lowest BCUT2D eigenvalue weighted by Gasteiger charge is -2.23. The van der Waals surface area contributed by atoms with E-state index < -0.39 is 17.7 Å². The second kappa shape index (κ2) is 14.8. The first-order valence-electron chi connectivity index (χ1n) is 14.9. The van der Waals surface area contributed by atoms with Gasteiger partial charge in [0.25, 0.3) is 5.78 Å². The highest BCUT2D eigenvalue weighted by Crippen LogP contribution is 2.45. The van der Waals surface area contributed by atoms with Gasteiger partial charge in [-0.25, -0.2) is 0 Å². The Hall–Kier alpha value is -4.64. The number of nitrogens with zero attached hydrogens (tertiary/aromatic N) is 3. The molecule has 6 rings (SSSR count). The number of aliphatic hydroxyl groups excluding tert-OH is 1. The first-order chi connectivity index (χ1) is 22.9. The number of thioether (sulfide) groups is 1. The van der Waals surface area contributed by atoms with Gasteiger partial charge in [-0.15, -0.1) is 10.2 Å². The summed E-state index contributed by atoms with van der Waals surface area (Å²) in [5, 5.41) is 21.1. The van der Waals surface area contributed by atoms with E-state index in [-0.39, 0.29) is 16.5 Å². The minimum absolute atomic E-state index is 0.0575. The standard InChI is InChI=1S/C36H30ClN3O5S2/c1-2-19-44-27-17-15-24(16-18-27)32(41)30-31(25-12-8-13-28(20-25)45-21-23-9-4-3-5-10-23)40(34(43)33(30)42)35-38-39-36(47-35)46-22-26-11-6-7-14-29(26)37/h3-18,20,31,41H,2,19,21-22H2,1H3. The summed E-state index contributed by atoms with van der Waals surface area (Å²) in [6.07, 6.45) is 0.852. The number of aromatic nitrogens is 2. The number of carbonyl (C=O) groups is 2. The maximum atomic E-state index is 13.7. The Kier molecular flexibility index (Phi) is 10.2. The van der Waals surface area contributed by atoms with E-state index in [2.05, 4.69) is 10.2 Å². The Morgan fingerprint density at radius 2 is 1.68 bits per heavy atom. The van der Waals surface area contributed by atoms with E-state index in [1.165, 1.54) is 28.0 Å². The molecule has 1 N–H and O–H groups in total. The van der Waals surface area contributed by atoms with Crippen LogP contribution >= 0.6 is 34.7 Å². The quantitative estimate of drug-likeness (QED) is 0.0459. The van der Waals surface area contributed by atoms with Crippen LogP contribution in [0, 0.1) is 0 Å². The summed E-state index contributed by atoms with van der Waals surface area (Å²) in [5.74, 6) is -0.202. The van der Waals surface area contributed by atoms with Crippen molar-refractivity contribution in [3.8, 4) is 11.5 Å². The highest BCUT2D eigenvalue weighted by molar-refractivity contribution is 8.00. The van der Waals surface area contributed by atoms with Crippen LogP contribution in [-0.4, -0.2) is 33.6 Å². The second-order valence-electron chi connectivity index (χ2n) is 10.6. The molecule has 1 aromatic heterocycles. The summed E-state index contributed by atoms with van der Waals surface area (Å²) >= 11 is 8.95. The van der Waals surface area contributed by atoms with Crippen LogP contribution in [0.3, 0.4) is 0 Å². The van der Waals surface area contributed by atoms with Crippen LogP contribution in [0.25, 0.3) is 5.76 Å². The number of ether oxygens (including phenoxy) is 2. The smallest absolute Gasteiger partial charge is 0.301 e. The number of Topliss-reactive ketones (excluding diaryl/α,β-unsaturated/α-hetero) is 1. The molecule has 1 fully saturated rings. The minimum Gasteiger partial charge on any atom is -0.507 e. The normalized spacial score (nSPS) is 15.6. The zero-order chi connectivity index (χ0) is 32.8. The van der Waals surface area contributed by atoms with Crippen LogP contribution in [0.4, 0.5) is 5.13 Å². The number of anilines is 1. The van der Waals surface area contributed by atoms with Gasteiger partial charge in [0.1, 0.15) is 23.9 Å². The van der Waals surface area contributed by atoms with Gasteiger partial charge in [0.2, 0.25) is 5.13 Å². The molecule has 0 bridgehead atoms. The SMILES string of the molecule is CCCOc1ccc(C(O)=C2C(=O)C(=O)N(c3nnc(SCc4ccccc4Cl)s3)C2c2cccc(OCc3ccccc3)c2)cc1. The Morgan fingerprint density at radius 1 is 0.915 bits per heavy atom. The molecule has 47 heavy (non-hydrogen) atoms. The van der Waals surface area contributed by atoms with Crippen molar-refractivity contribution < 1.29 is 24.2 Å². The van der Waals surface area contributed by atoms with E-state index in [9.17, 15) is 14.7 Å². The van der Waals surface area contributed by atoms with Gasteiger partial charge >= 0.3 is 5.91 Å². The van der Waals surface area contributed by atoms with Crippen LogP contribution in [0.5, 0.6) is 11.5 Å². The van der Waals surface area contributed by atoms with Gasteiger partial charge in [0.15, 0.2) is 4.34 Å². The predicted octanol–water partition coefficient (Wildman–Crippen LogP) is 8.48. The van der Waals surface area contributed by atoms with Crippen molar-refractivity contribution in [2.45, 2.75) is 36.1 Å². The van der Waals surface area contributed by atoms with E-state index in [1.807, 2.05) is 67.6 Å². The van der Waals surface area contributed by atoms with E-state index in [0.717, 1.165) is 17.5 Å². The lowest BCUT2D eigenvalue weighted by molar-refractivity contribution is -0.132. The summed E-state index contributed by atoms with van der Waals surface area (Å²) in [7, 11) is 0. The number of ketones is 1. The molecule has 0 radical (unpaired) electrons. The van der Waals surface area contributed by atoms with Gasteiger partial charge in [0, 0.05) is 16.3 Å². The maximum Gasteiger partial charge on any atom is 0.301 e. The van der Waals surface area contributed by atoms with Crippen molar-refractivity contribution in [2.75, 3.05) is 11.5 Å². The van der Waals surface area contributed by atoms with Crippen molar-refractivity contribution in [1.29, 1.82) is 0 Å². The van der Waals surface area contributed by atoms with E-state index in [1.54, 1.807) is 42.5 Å². The highest BCUT2D eigenvalue weighted by Gasteiger charge is 2.48. The van der Waals surface area contributed by atoms with Crippen molar-refractivity contribution in [3.63, 3.8) is 0 Å². The van der Waals surface area contributed by atoms with Crippen molar-refractivity contribution in [1.82, 2.24) is 10.2 Å². The van der Waals surface area contributed by atoms with Crippen LogP contribution in [0.15, 0.2) is 113 Å². The fraction of sp³-hybridized carbons (Fsp3) is 0.167. The topological polar surface area (TPSA) is 102 Å². The summed E-state index contributed by atoms with van der Waals surface area (Å²) in [6, 6.07) is 30.2. The monoisotopic (exact) mass is 683 g/mol. The lowest BCUT2D eigenvalue weighted by Crippen LogP contribution is -2.29. The first-order valence-corrected chi connectivity index (χ1v) is 17.1. The number of hydrogen-bond acceptors (Lipinski definition) is 9. The molecule has 11 heteroatoms. The zero-order valence-corrected chi connectivity index (χ0v) is 27.7. The van der Waals surface area contributed by atoms with Crippen molar-refractivity contribution in [3.05, 3.63) is 136 Å². The number of aliphatic hydroxyl groups is 1. The third-order valence-electron chi connectivity index (χ3n) is 7.38. The van der Waals surface area contributed by atoms with Crippen molar-refractivity contribution >= 4 is 57.3 Å². The molecular weight excluding hydrogens is 654 g/mol. The summed E-state index contributed by atoms with van der Waals surface area (Å²) in [6.45, 7) is 2.90. The molecule has 0 saturated carbocycles. The highest BCUT2D eigenvalue weighted by atomic mass is 35.5. The zero-order valence-electron chi connectivity index (χ0n) is 25.3.